The first kappa shape index (κ1) is 23.0. The molecule has 0 aromatic carbocycles. The number of methoxy groups -OCH3 is 2. The van der Waals surface area contributed by atoms with Gasteiger partial charge in [-0.3, -0.25) is 0 Å². The SMILES string of the molecule is COC1(OC)C=C2CC[C@@H]3[C@H](CC[C@]4(C)[C@@H](O[Si](C)(C)C(C)(C)C)CC[C@@H]34)[C@H]2CC1. The van der Waals surface area contributed by atoms with Crippen molar-refractivity contribution in [2.24, 2.45) is 29.1 Å². The Labute approximate surface area is 186 Å². The summed E-state index contributed by atoms with van der Waals surface area (Å²) in [7, 11) is 1.86. The lowest BCUT2D eigenvalue weighted by atomic mass is 9.52. The van der Waals surface area contributed by atoms with Crippen molar-refractivity contribution in [3.05, 3.63) is 11.6 Å². The molecule has 0 saturated heterocycles. The molecule has 4 aliphatic carbocycles. The molecule has 3 fully saturated rings. The first-order valence-corrected chi connectivity index (χ1v) is 15.4. The van der Waals surface area contributed by atoms with E-state index in [4.69, 9.17) is 13.9 Å². The zero-order chi connectivity index (χ0) is 21.9. The molecule has 0 aromatic heterocycles. The molecule has 0 bridgehead atoms. The fourth-order valence-electron chi connectivity index (χ4n) is 7.40. The number of rotatable bonds is 4. The zero-order valence-corrected chi connectivity index (χ0v) is 21.8. The van der Waals surface area contributed by atoms with E-state index in [1.54, 1.807) is 19.8 Å². The van der Waals surface area contributed by atoms with Gasteiger partial charge in [-0.05, 0) is 98.2 Å². The number of hydrogen-bond acceptors (Lipinski definition) is 3. The molecule has 0 aliphatic heterocycles. The minimum Gasteiger partial charge on any atom is -0.413 e. The van der Waals surface area contributed by atoms with E-state index in [9.17, 15) is 0 Å². The number of fused-ring (bicyclic) bond motifs is 5. The minimum atomic E-state index is -1.73. The van der Waals surface area contributed by atoms with Gasteiger partial charge in [-0.2, -0.15) is 0 Å². The Kier molecular flexibility index (Phi) is 5.91. The summed E-state index contributed by atoms with van der Waals surface area (Å²) in [4.78, 5) is 0. The van der Waals surface area contributed by atoms with E-state index in [2.05, 4.69) is 46.9 Å². The second kappa shape index (κ2) is 7.71. The van der Waals surface area contributed by atoms with Gasteiger partial charge in [-0.25, -0.2) is 0 Å². The highest BCUT2D eigenvalue weighted by atomic mass is 28.4. The molecule has 3 saturated carbocycles. The van der Waals surface area contributed by atoms with Crippen molar-refractivity contribution >= 4 is 8.32 Å². The topological polar surface area (TPSA) is 27.7 Å². The summed E-state index contributed by atoms with van der Waals surface area (Å²) in [5.74, 6) is 2.88. The summed E-state index contributed by atoms with van der Waals surface area (Å²) in [6.45, 7) is 14.6. The van der Waals surface area contributed by atoms with Crippen LogP contribution < -0.4 is 0 Å². The Morgan fingerprint density at radius 1 is 0.933 bits per heavy atom. The second-order valence-electron chi connectivity index (χ2n) is 12.5. The van der Waals surface area contributed by atoms with Crippen molar-refractivity contribution in [2.75, 3.05) is 14.2 Å². The lowest BCUT2D eigenvalue weighted by Gasteiger charge is -2.55. The Morgan fingerprint density at radius 3 is 2.27 bits per heavy atom. The lowest BCUT2D eigenvalue weighted by Crippen LogP contribution is -2.52. The largest absolute Gasteiger partial charge is 0.413 e. The first-order valence-electron chi connectivity index (χ1n) is 12.5. The van der Waals surface area contributed by atoms with Crippen molar-refractivity contribution in [3.8, 4) is 0 Å². The van der Waals surface area contributed by atoms with Crippen molar-refractivity contribution in [3.63, 3.8) is 0 Å². The monoisotopic (exact) mass is 434 g/mol. The van der Waals surface area contributed by atoms with Crippen LogP contribution in [0.4, 0.5) is 0 Å². The van der Waals surface area contributed by atoms with Crippen LogP contribution in [0.3, 0.4) is 0 Å². The van der Waals surface area contributed by atoms with Gasteiger partial charge in [-0.1, -0.05) is 33.3 Å². The molecule has 30 heavy (non-hydrogen) atoms. The number of allylic oxidation sites excluding steroid dienone is 1. The van der Waals surface area contributed by atoms with Gasteiger partial charge < -0.3 is 13.9 Å². The number of ether oxygens (including phenoxy) is 2. The predicted octanol–water partition coefficient (Wildman–Crippen LogP) is 6.94. The molecule has 4 rings (SSSR count). The highest BCUT2D eigenvalue weighted by Gasteiger charge is 2.58. The highest BCUT2D eigenvalue weighted by molar-refractivity contribution is 6.74. The molecule has 0 heterocycles. The maximum Gasteiger partial charge on any atom is 0.192 e. The fraction of sp³-hybridized carbons (Fsp3) is 0.923. The molecule has 0 N–H and O–H groups in total. The average molecular weight is 435 g/mol. The Morgan fingerprint density at radius 2 is 1.63 bits per heavy atom. The summed E-state index contributed by atoms with van der Waals surface area (Å²) < 4.78 is 18.6. The van der Waals surface area contributed by atoms with Crippen LogP contribution in [0.15, 0.2) is 11.6 Å². The highest BCUT2D eigenvalue weighted by Crippen LogP contribution is 2.63. The predicted molar refractivity (Wildman–Crippen MR) is 126 cm³/mol. The summed E-state index contributed by atoms with van der Waals surface area (Å²) in [6.07, 6.45) is 13.0. The minimum absolute atomic E-state index is 0.292. The summed E-state index contributed by atoms with van der Waals surface area (Å²) in [6, 6.07) is 0. The Balaban J connectivity index is 1.52. The van der Waals surface area contributed by atoms with Gasteiger partial charge in [0, 0.05) is 20.6 Å². The molecular formula is C26H46O3Si. The van der Waals surface area contributed by atoms with Crippen LogP contribution in [0.1, 0.15) is 79.1 Å². The molecule has 0 radical (unpaired) electrons. The maximum absolute atomic E-state index is 7.07. The smallest absolute Gasteiger partial charge is 0.192 e. The third kappa shape index (κ3) is 3.58. The summed E-state index contributed by atoms with van der Waals surface area (Å²) in [5.41, 5.74) is 2.01. The van der Waals surface area contributed by atoms with Gasteiger partial charge in [0.05, 0.1) is 6.10 Å². The fourth-order valence-corrected chi connectivity index (χ4v) is 8.85. The molecule has 4 heteroatoms. The normalized spacial score (nSPS) is 40.9. The van der Waals surface area contributed by atoms with Crippen LogP contribution in [-0.2, 0) is 13.9 Å². The van der Waals surface area contributed by atoms with E-state index in [0.29, 0.717) is 16.6 Å². The van der Waals surface area contributed by atoms with Crippen molar-refractivity contribution in [1.82, 2.24) is 0 Å². The summed E-state index contributed by atoms with van der Waals surface area (Å²) >= 11 is 0. The van der Waals surface area contributed by atoms with Gasteiger partial charge in [0.25, 0.3) is 0 Å². The van der Waals surface area contributed by atoms with E-state index in [0.717, 1.165) is 30.1 Å². The van der Waals surface area contributed by atoms with Crippen molar-refractivity contribution in [2.45, 2.75) is 109 Å². The average Bonchev–Trinajstić information content (AvgIpc) is 3.02. The van der Waals surface area contributed by atoms with E-state index >= 15 is 0 Å². The van der Waals surface area contributed by atoms with E-state index < -0.39 is 14.1 Å². The summed E-state index contributed by atoms with van der Waals surface area (Å²) in [5, 5.41) is 0.292. The quantitative estimate of drug-likeness (QED) is 0.272. The van der Waals surface area contributed by atoms with Gasteiger partial charge in [-0.15, -0.1) is 0 Å². The van der Waals surface area contributed by atoms with Crippen molar-refractivity contribution in [1.29, 1.82) is 0 Å². The van der Waals surface area contributed by atoms with E-state index in [1.807, 2.05) is 0 Å². The zero-order valence-electron chi connectivity index (χ0n) is 20.8. The molecule has 3 nitrogen and oxygen atoms in total. The van der Waals surface area contributed by atoms with E-state index in [1.165, 1.54) is 44.9 Å². The van der Waals surface area contributed by atoms with Crippen LogP contribution in [0.5, 0.6) is 0 Å². The van der Waals surface area contributed by atoms with Crippen LogP contribution in [0, 0.1) is 29.1 Å². The van der Waals surface area contributed by atoms with Gasteiger partial charge in [0.2, 0.25) is 0 Å². The molecule has 172 valence electrons. The molecule has 0 amide bonds. The van der Waals surface area contributed by atoms with Crippen LogP contribution in [0.2, 0.25) is 18.1 Å². The Bertz CT molecular complexity index is 674. The molecule has 0 aromatic rings. The maximum atomic E-state index is 7.07. The van der Waals surface area contributed by atoms with Crippen LogP contribution >= 0.6 is 0 Å². The molecule has 6 atom stereocenters. The second-order valence-corrected chi connectivity index (χ2v) is 17.3. The first-order chi connectivity index (χ1) is 14.0. The standard InChI is InChI=1S/C26H46O3Si/c1-24(2,3)30(7,8)29-23-12-11-22-21-10-9-18-17-26(27-5,28-6)16-14-19(18)20(21)13-15-25(22,23)4/h17,19-23H,9-16H2,1-8H3/t19-,20+,21+,22-,23-,25-/m0/s1. The van der Waals surface area contributed by atoms with Gasteiger partial charge >= 0.3 is 0 Å². The molecular weight excluding hydrogens is 388 g/mol. The molecule has 0 unspecified atom stereocenters. The lowest BCUT2D eigenvalue weighted by molar-refractivity contribution is -0.183. The third-order valence-electron chi connectivity index (χ3n) is 10.3. The molecule has 0 spiro atoms. The Hall–Kier alpha value is -0.163. The number of hydrogen-bond donors (Lipinski definition) is 0. The van der Waals surface area contributed by atoms with E-state index in [-0.39, 0.29) is 0 Å². The molecule has 4 aliphatic rings. The van der Waals surface area contributed by atoms with Crippen molar-refractivity contribution < 1.29 is 13.9 Å². The van der Waals surface area contributed by atoms with Gasteiger partial charge in [0.1, 0.15) is 0 Å². The van der Waals surface area contributed by atoms with Crippen LogP contribution in [0.25, 0.3) is 0 Å². The van der Waals surface area contributed by atoms with Crippen LogP contribution in [-0.4, -0.2) is 34.4 Å². The third-order valence-corrected chi connectivity index (χ3v) is 14.8. The van der Waals surface area contributed by atoms with Gasteiger partial charge in [0.15, 0.2) is 14.1 Å².